The number of hydrogen-bond donors (Lipinski definition) is 2. The van der Waals surface area contributed by atoms with Crippen molar-refractivity contribution in [2.45, 2.75) is 39.2 Å². The molecule has 1 aromatic heterocycles. The first-order valence-electron chi connectivity index (χ1n) is 8.00. The molecule has 0 saturated carbocycles. The van der Waals surface area contributed by atoms with E-state index < -0.39 is 0 Å². The third-order valence-electron chi connectivity index (χ3n) is 3.30. The van der Waals surface area contributed by atoms with Crippen molar-refractivity contribution in [1.82, 2.24) is 10.3 Å². The zero-order valence-electron chi connectivity index (χ0n) is 14.1. The summed E-state index contributed by atoms with van der Waals surface area (Å²) in [6.45, 7) is 6.73. The van der Waals surface area contributed by atoms with Crippen LogP contribution >= 0.6 is 0 Å². The number of nitrogens with one attached hydrogen (secondary N) is 2. The Hall–Kier alpha value is -2.36. The van der Waals surface area contributed by atoms with Gasteiger partial charge in [0.2, 0.25) is 0 Å². The van der Waals surface area contributed by atoms with Crippen molar-refractivity contribution in [3.8, 4) is 0 Å². The summed E-state index contributed by atoms with van der Waals surface area (Å²) in [5.74, 6) is -0.148. The van der Waals surface area contributed by atoms with Crippen molar-refractivity contribution >= 4 is 11.6 Å². The van der Waals surface area contributed by atoms with Gasteiger partial charge in [0.1, 0.15) is 5.69 Å². The largest absolute Gasteiger partial charge is 0.385 e. The third kappa shape index (κ3) is 6.10. The van der Waals surface area contributed by atoms with Crippen LogP contribution in [0, 0.1) is 0 Å². The maximum absolute atomic E-state index is 12.1. The number of anilines is 1. The van der Waals surface area contributed by atoms with E-state index in [1.54, 1.807) is 12.3 Å². The first kappa shape index (κ1) is 17.0. The molecule has 23 heavy (non-hydrogen) atoms. The number of amides is 1. The van der Waals surface area contributed by atoms with Gasteiger partial charge >= 0.3 is 0 Å². The molecule has 0 aliphatic rings. The maximum atomic E-state index is 12.1. The highest BCUT2D eigenvalue weighted by atomic mass is 16.2. The van der Waals surface area contributed by atoms with Crippen LogP contribution in [0.25, 0.3) is 0 Å². The average molecular weight is 311 g/mol. The minimum absolute atomic E-state index is 0.148. The smallest absolute Gasteiger partial charge is 0.270 e. The fourth-order valence-electron chi connectivity index (χ4n) is 2.24. The molecular formula is C19H25N3O. The molecule has 0 atom stereocenters. The van der Waals surface area contributed by atoms with Gasteiger partial charge in [0.15, 0.2) is 0 Å². The molecule has 4 nitrogen and oxygen atoms in total. The lowest BCUT2D eigenvalue weighted by atomic mass is 10.1. The number of hydrogen-bond acceptors (Lipinski definition) is 3. The standard InChI is InChI=1S/C19H25N3O/c1-19(2,3)22-18(23)17-14-16(11-13-21-17)20-12-7-10-15-8-5-4-6-9-15/h4-6,8-9,11,13-14H,7,10,12H2,1-3H3,(H,20,21)(H,22,23). The summed E-state index contributed by atoms with van der Waals surface area (Å²) in [4.78, 5) is 16.3. The minimum atomic E-state index is -0.266. The second-order valence-corrected chi connectivity index (χ2v) is 6.65. The van der Waals surface area contributed by atoms with Crippen molar-refractivity contribution in [2.24, 2.45) is 0 Å². The van der Waals surface area contributed by atoms with Crippen molar-refractivity contribution in [1.29, 1.82) is 0 Å². The van der Waals surface area contributed by atoms with Gasteiger partial charge in [-0.25, -0.2) is 0 Å². The first-order chi connectivity index (χ1) is 10.9. The van der Waals surface area contributed by atoms with E-state index in [4.69, 9.17) is 0 Å². The Labute approximate surface area is 138 Å². The molecule has 0 aliphatic heterocycles. The number of aryl methyl sites for hydroxylation is 1. The lowest BCUT2D eigenvalue weighted by Gasteiger charge is -2.20. The molecule has 1 amide bonds. The Morgan fingerprint density at radius 2 is 1.87 bits per heavy atom. The van der Waals surface area contributed by atoms with Gasteiger partial charge in [0.25, 0.3) is 5.91 Å². The molecule has 0 unspecified atom stereocenters. The van der Waals surface area contributed by atoms with Gasteiger partial charge in [-0.2, -0.15) is 0 Å². The number of aromatic nitrogens is 1. The number of carbonyl (C=O) groups excluding carboxylic acids is 1. The zero-order valence-corrected chi connectivity index (χ0v) is 14.1. The average Bonchev–Trinajstić information content (AvgIpc) is 2.51. The molecule has 2 aromatic rings. The van der Waals surface area contributed by atoms with Crippen molar-refractivity contribution in [3.63, 3.8) is 0 Å². The van der Waals surface area contributed by atoms with E-state index in [-0.39, 0.29) is 11.4 Å². The van der Waals surface area contributed by atoms with E-state index in [0.29, 0.717) is 5.69 Å². The van der Waals surface area contributed by atoms with Crippen LogP contribution in [0.5, 0.6) is 0 Å². The highest BCUT2D eigenvalue weighted by molar-refractivity contribution is 5.93. The summed E-state index contributed by atoms with van der Waals surface area (Å²) in [7, 11) is 0. The van der Waals surface area contributed by atoms with Crippen LogP contribution in [-0.4, -0.2) is 23.0 Å². The van der Waals surface area contributed by atoms with Crippen molar-refractivity contribution in [3.05, 3.63) is 59.9 Å². The number of carbonyl (C=O) groups is 1. The van der Waals surface area contributed by atoms with Crippen LogP contribution in [0.4, 0.5) is 5.69 Å². The Balaban J connectivity index is 1.84. The Morgan fingerprint density at radius 3 is 2.57 bits per heavy atom. The molecule has 0 saturated heterocycles. The molecule has 1 aromatic carbocycles. The summed E-state index contributed by atoms with van der Waals surface area (Å²) >= 11 is 0. The van der Waals surface area contributed by atoms with E-state index in [9.17, 15) is 4.79 Å². The van der Waals surface area contributed by atoms with Gasteiger partial charge in [0, 0.05) is 24.0 Å². The van der Waals surface area contributed by atoms with Gasteiger partial charge in [-0.3, -0.25) is 9.78 Å². The third-order valence-corrected chi connectivity index (χ3v) is 3.30. The van der Waals surface area contributed by atoms with Gasteiger partial charge in [-0.1, -0.05) is 30.3 Å². The number of nitrogens with zero attached hydrogens (tertiary/aromatic N) is 1. The zero-order chi connectivity index (χ0) is 16.7. The summed E-state index contributed by atoms with van der Waals surface area (Å²) < 4.78 is 0. The van der Waals surface area contributed by atoms with Crippen molar-refractivity contribution in [2.75, 3.05) is 11.9 Å². The Kier molecular flexibility index (Phi) is 5.74. The predicted octanol–water partition coefficient (Wildman–Crippen LogP) is 3.65. The van der Waals surface area contributed by atoms with Crippen LogP contribution in [0.2, 0.25) is 0 Å². The normalized spacial score (nSPS) is 11.1. The molecular weight excluding hydrogens is 286 g/mol. The fourth-order valence-corrected chi connectivity index (χ4v) is 2.24. The molecule has 0 radical (unpaired) electrons. The topological polar surface area (TPSA) is 54.0 Å². The molecule has 2 N–H and O–H groups in total. The first-order valence-corrected chi connectivity index (χ1v) is 8.00. The molecule has 122 valence electrons. The SMILES string of the molecule is CC(C)(C)NC(=O)c1cc(NCCCc2ccccc2)ccn1. The molecule has 0 bridgehead atoms. The van der Waals surface area contributed by atoms with Crippen LogP contribution in [0.1, 0.15) is 43.2 Å². The second kappa shape index (κ2) is 7.77. The van der Waals surface area contributed by atoms with Gasteiger partial charge in [-0.05, 0) is 51.3 Å². The highest BCUT2D eigenvalue weighted by Crippen LogP contribution is 2.10. The second-order valence-electron chi connectivity index (χ2n) is 6.65. The van der Waals surface area contributed by atoms with E-state index in [2.05, 4.69) is 39.9 Å². The van der Waals surface area contributed by atoms with E-state index >= 15 is 0 Å². The lowest BCUT2D eigenvalue weighted by Crippen LogP contribution is -2.40. The molecule has 0 fully saturated rings. The van der Waals surface area contributed by atoms with E-state index in [1.165, 1.54) is 5.56 Å². The predicted molar refractivity (Wildman–Crippen MR) is 94.7 cm³/mol. The Bertz CT molecular complexity index is 633. The maximum Gasteiger partial charge on any atom is 0.270 e. The minimum Gasteiger partial charge on any atom is -0.385 e. The van der Waals surface area contributed by atoms with Gasteiger partial charge in [-0.15, -0.1) is 0 Å². The number of benzene rings is 1. The molecule has 1 heterocycles. The van der Waals surface area contributed by atoms with Gasteiger partial charge in [0.05, 0.1) is 0 Å². The lowest BCUT2D eigenvalue weighted by molar-refractivity contribution is 0.0914. The van der Waals surface area contributed by atoms with Crippen LogP contribution in [-0.2, 0) is 6.42 Å². The van der Waals surface area contributed by atoms with Crippen molar-refractivity contribution < 1.29 is 4.79 Å². The Morgan fingerprint density at radius 1 is 1.13 bits per heavy atom. The van der Waals surface area contributed by atoms with Crippen LogP contribution in [0.15, 0.2) is 48.7 Å². The summed E-state index contributed by atoms with van der Waals surface area (Å²) in [6, 6.07) is 14.1. The fraction of sp³-hybridized carbons (Fsp3) is 0.368. The highest BCUT2D eigenvalue weighted by Gasteiger charge is 2.16. The van der Waals surface area contributed by atoms with E-state index in [1.807, 2.05) is 32.9 Å². The van der Waals surface area contributed by atoms with Crippen LogP contribution in [0.3, 0.4) is 0 Å². The molecule has 4 heteroatoms. The summed E-state index contributed by atoms with van der Waals surface area (Å²) in [5.41, 5.74) is 2.44. The summed E-state index contributed by atoms with van der Waals surface area (Å²) in [6.07, 6.45) is 3.74. The number of pyridine rings is 1. The quantitative estimate of drug-likeness (QED) is 0.801. The van der Waals surface area contributed by atoms with Crippen LogP contribution < -0.4 is 10.6 Å². The van der Waals surface area contributed by atoms with Gasteiger partial charge < -0.3 is 10.6 Å². The summed E-state index contributed by atoms with van der Waals surface area (Å²) in [5, 5.41) is 6.28. The van der Waals surface area contributed by atoms with E-state index in [0.717, 1.165) is 25.1 Å². The monoisotopic (exact) mass is 311 g/mol. The molecule has 0 aliphatic carbocycles. The number of rotatable bonds is 6. The molecule has 2 rings (SSSR count). The molecule has 0 spiro atoms.